The summed E-state index contributed by atoms with van der Waals surface area (Å²) in [5.41, 5.74) is -0.165. The van der Waals surface area contributed by atoms with Crippen molar-refractivity contribution < 1.29 is 22.7 Å². The molecular weight excluding hydrogens is 430 g/mol. The van der Waals surface area contributed by atoms with Crippen molar-refractivity contribution in [3.05, 3.63) is 53.1 Å². The summed E-state index contributed by atoms with van der Waals surface area (Å²) < 4.78 is 33.1. The third-order valence-electron chi connectivity index (χ3n) is 3.74. The Bertz CT molecular complexity index is 1050. The molecule has 0 aliphatic carbocycles. The van der Waals surface area contributed by atoms with Crippen molar-refractivity contribution >= 4 is 39.1 Å². The zero-order valence-electron chi connectivity index (χ0n) is 17.1. The Labute approximate surface area is 181 Å². The standard InChI is InChI=1S/C20H24ClN3O5S/c1-20(2,3)23-18(25)12-22-19(26)13-6-5-7-15(10-13)30(27,28)24-16-11-14(21)8-9-17(16)29-4/h5-11,24H,12H2,1-4H3,(H,22,26)(H,23,25). The highest BCUT2D eigenvalue weighted by Crippen LogP contribution is 2.29. The molecule has 0 atom stereocenters. The number of sulfonamides is 1. The van der Waals surface area contributed by atoms with E-state index in [4.69, 9.17) is 16.3 Å². The number of nitrogens with one attached hydrogen (secondary N) is 3. The molecule has 0 spiro atoms. The Morgan fingerprint density at radius 3 is 2.43 bits per heavy atom. The fourth-order valence-electron chi connectivity index (χ4n) is 2.49. The molecule has 162 valence electrons. The SMILES string of the molecule is COc1ccc(Cl)cc1NS(=O)(=O)c1cccc(C(=O)NCC(=O)NC(C)(C)C)c1. The number of ether oxygens (including phenoxy) is 1. The van der Waals surface area contributed by atoms with Crippen LogP contribution in [-0.2, 0) is 14.8 Å². The van der Waals surface area contributed by atoms with Crippen LogP contribution in [0.5, 0.6) is 5.75 Å². The summed E-state index contributed by atoms with van der Waals surface area (Å²) >= 11 is 5.94. The molecule has 8 nitrogen and oxygen atoms in total. The van der Waals surface area contributed by atoms with Gasteiger partial charge in [0.25, 0.3) is 15.9 Å². The molecule has 0 unspecified atom stereocenters. The van der Waals surface area contributed by atoms with Gasteiger partial charge in [-0.1, -0.05) is 17.7 Å². The summed E-state index contributed by atoms with van der Waals surface area (Å²) in [6, 6.07) is 9.98. The number of carbonyl (C=O) groups excluding carboxylic acids is 2. The Hall–Kier alpha value is -2.78. The van der Waals surface area contributed by atoms with Crippen LogP contribution in [0.2, 0.25) is 5.02 Å². The normalized spacial score (nSPS) is 11.5. The van der Waals surface area contributed by atoms with Crippen LogP contribution in [0.25, 0.3) is 0 Å². The second kappa shape index (κ2) is 9.36. The van der Waals surface area contributed by atoms with Crippen LogP contribution in [0.3, 0.4) is 0 Å². The predicted molar refractivity (Wildman–Crippen MR) is 115 cm³/mol. The summed E-state index contributed by atoms with van der Waals surface area (Å²) in [5.74, 6) is -0.632. The van der Waals surface area contributed by atoms with E-state index in [2.05, 4.69) is 15.4 Å². The number of amides is 2. The highest BCUT2D eigenvalue weighted by atomic mass is 35.5. The number of hydrogen-bond donors (Lipinski definition) is 3. The average molecular weight is 454 g/mol. The molecule has 0 bridgehead atoms. The van der Waals surface area contributed by atoms with Gasteiger partial charge in [-0.3, -0.25) is 14.3 Å². The van der Waals surface area contributed by atoms with Crippen molar-refractivity contribution in [2.75, 3.05) is 18.4 Å². The molecule has 0 aromatic heterocycles. The Morgan fingerprint density at radius 1 is 1.10 bits per heavy atom. The first-order valence-corrected chi connectivity index (χ1v) is 10.8. The molecule has 0 heterocycles. The summed E-state index contributed by atoms with van der Waals surface area (Å²) in [6.07, 6.45) is 0. The second-order valence-corrected chi connectivity index (χ2v) is 9.58. The van der Waals surface area contributed by atoms with Crippen molar-refractivity contribution in [3.8, 4) is 5.75 Å². The molecule has 2 aromatic rings. The molecule has 2 aromatic carbocycles. The van der Waals surface area contributed by atoms with Gasteiger partial charge < -0.3 is 15.4 Å². The van der Waals surface area contributed by atoms with Crippen molar-refractivity contribution in [1.29, 1.82) is 0 Å². The van der Waals surface area contributed by atoms with Crippen molar-refractivity contribution in [3.63, 3.8) is 0 Å². The van der Waals surface area contributed by atoms with Gasteiger partial charge in [0, 0.05) is 16.1 Å². The van der Waals surface area contributed by atoms with Crippen molar-refractivity contribution in [2.24, 2.45) is 0 Å². The van der Waals surface area contributed by atoms with Crippen LogP contribution >= 0.6 is 11.6 Å². The molecule has 0 aliphatic heterocycles. The van der Waals surface area contributed by atoms with Gasteiger partial charge in [0.05, 0.1) is 24.2 Å². The Kier molecular flexibility index (Phi) is 7.33. The molecule has 0 aliphatic rings. The molecule has 0 saturated heterocycles. The van der Waals surface area contributed by atoms with Gasteiger partial charge in [0.2, 0.25) is 5.91 Å². The third-order valence-corrected chi connectivity index (χ3v) is 5.33. The molecule has 0 radical (unpaired) electrons. The molecule has 30 heavy (non-hydrogen) atoms. The van der Waals surface area contributed by atoms with E-state index in [1.807, 2.05) is 20.8 Å². The molecular formula is C20H24ClN3O5S. The third kappa shape index (κ3) is 6.64. The molecule has 10 heteroatoms. The maximum absolute atomic E-state index is 12.8. The minimum atomic E-state index is -4.02. The predicted octanol–water partition coefficient (Wildman–Crippen LogP) is 2.79. The van der Waals surface area contributed by atoms with Crippen molar-refractivity contribution in [2.45, 2.75) is 31.2 Å². The first-order chi connectivity index (χ1) is 13.9. The van der Waals surface area contributed by atoms with Gasteiger partial charge in [0.15, 0.2) is 0 Å². The van der Waals surface area contributed by atoms with Gasteiger partial charge in [-0.15, -0.1) is 0 Å². The highest BCUT2D eigenvalue weighted by Gasteiger charge is 2.19. The van der Waals surface area contributed by atoms with Gasteiger partial charge >= 0.3 is 0 Å². The van der Waals surface area contributed by atoms with E-state index in [0.29, 0.717) is 10.8 Å². The lowest BCUT2D eigenvalue weighted by Crippen LogP contribution is -2.45. The van der Waals surface area contributed by atoms with E-state index >= 15 is 0 Å². The number of methoxy groups -OCH3 is 1. The molecule has 3 N–H and O–H groups in total. The topological polar surface area (TPSA) is 114 Å². The van der Waals surface area contributed by atoms with E-state index < -0.39 is 21.5 Å². The summed E-state index contributed by atoms with van der Waals surface area (Å²) in [4.78, 5) is 24.1. The van der Waals surface area contributed by atoms with Crippen LogP contribution < -0.4 is 20.1 Å². The van der Waals surface area contributed by atoms with Crippen LogP contribution in [0, 0.1) is 0 Å². The fraction of sp³-hybridized carbons (Fsp3) is 0.300. The minimum Gasteiger partial charge on any atom is -0.495 e. The minimum absolute atomic E-state index is 0.0968. The lowest BCUT2D eigenvalue weighted by Gasteiger charge is -2.20. The van der Waals surface area contributed by atoms with Crippen molar-refractivity contribution in [1.82, 2.24) is 10.6 Å². The zero-order chi connectivity index (χ0) is 22.5. The average Bonchev–Trinajstić information content (AvgIpc) is 2.65. The largest absolute Gasteiger partial charge is 0.495 e. The van der Waals surface area contributed by atoms with Gasteiger partial charge in [-0.2, -0.15) is 0 Å². The number of anilines is 1. The summed E-state index contributed by atoms with van der Waals surface area (Å²) in [7, 11) is -2.62. The number of carbonyl (C=O) groups is 2. The molecule has 2 amide bonds. The van der Waals surface area contributed by atoms with E-state index in [0.717, 1.165) is 0 Å². The summed E-state index contributed by atoms with van der Waals surface area (Å²) in [5, 5.41) is 5.52. The number of benzene rings is 2. The van der Waals surface area contributed by atoms with E-state index in [1.165, 1.54) is 43.5 Å². The maximum atomic E-state index is 12.8. The second-order valence-electron chi connectivity index (χ2n) is 7.46. The van der Waals surface area contributed by atoms with Gasteiger partial charge in [-0.25, -0.2) is 8.42 Å². The van der Waals surface area contributed by atoms with Gasteiger partial charge in [-0.05, 0) is 57.2 Å². The lowest BCUT2D eigenvalue weighted by molar-refractivity contribution is -0.121. The Morgan fingerprint density at radius 2 is 1.80 bits per heavy atom. The quantitative estimate of drug-likeness (QED) is 0.596. The van der Waals surface area contributed by atoms with E-state index in [-0.39, 0.29) is 28.6 Å². The first kappa shape index (κ1) is 23.5. The number of halogens is 1. The van der Waals surface area contributed by atoms with E-state index in [1.54, 1.807) is 6.07 Å². The van der Waals surface area contributed by atoms with Crippen LogP contribution in [0.4, 0.5) is 5.69 Å². The summed E-state index contributed by atoms with van der Waals surface area (Å²) in [6.45, 7) is 5.24. The van der Waals surface area contributed by atoms with Crippen LogP contribution in [0.1, 0.15) is 31.1 Å². The number of rotatable bonds is 7. The lowest BCUT2D eigenvalue weighted by atomic mass is 10.1. The number of hydrogen-bond acceptors (Lipinski definition) is 5. The monoisotopic (exact) mass is 453 g/mol. The van der Waals surface area contributed by atoms with Gasteiger partial charge in [0.1, 0.15) is 5.75 Å². The molecule has 2 rings (SSSR count). The Balaban J connectivity index is 2.17. The first-order valence-electron chi connectivity index (χ1n) is 8.97. The fourth-order valence-corrected chi connectivity index (χ4v) is 3.77. The van der Waals surface area contributed by atoms with Crippen LogP contribution in [0.15, 0.2) is 47.4 Å². The van der Waals surface area contributed by atoms with Crippen LogP contribution in [-0.4, -0.2) is 39.4 Å². The van der Waals surface area contributed by atoms with E-state index in [9.17, 15) is 18.0 Å². The zero-order valence-corrected chi connectivity index (χ0v) is 18.6. The maximum Gasteiger partial charge on any atom is 0.262 e. The smallest absolute Gasteiger partial charge is 0.262 e. The molecule has 0 saturated carbocycles. The highest BCUT2D eigenvalue weighted by molar-refractivity contribution is 7.92. The molecule has 0 fully saturated rings.